The highest BCUT2D eigenvalue weighted by atomic mass is 32.3. The first-order chi connectivity index (χ1) is 19.1. The van der Waals surface area contributed by atoms with Crippen LogP contribution in [0.2, 0.25) is 0 Å². The van der Waals surface area contributed by atoms with Crippen molar-refractivity contribution in [3.8, 4) is 0 Å². The van der Waals surface area contributed by atoms with Gasteiger partial charge in [-0.2, -0.15) is 52.7 Å². The number of alkyl halides is 12. The summed E-state index contributed by atoms with van der Waals surface area (Å²) in [6.07, 6.45) is -21.8. The van der Waals surface area contributed by atoms with Crippen LogP contribution >= 0.6 is 0 Å². The van der Waals surface area contributed by atoms with Crippen molar-refractivity contribution < 1.29 is 69.5 Å². The van der Waals surface area contributed by atoms with Crippen molar-refractivity contribution >= 4 is 20.0 Å². The van der Waals surface area contributed by atoms with Gasteiger partial charge in [-0.1, -0.05) is 3.71 Å². The van der Waals surface area contributed by atoms with Crippen LogP contribution in [0.4, 0.5) is 52.7 Å². The van der Waals surface area contributed by atoms with Gasteiger partial charge in [-0.05, 0) is 74.6 Å². The van der Waals surface area contributed by atoms with Crippen LogP contribution in [-0.4, -0.2) is 52.6 Å². The minimum absolute atomic E-state index is 0.0227. The van der Waals surface area contributed by atoms with E-state index in [-0.39, 0.29) is 53.1 Å². The van der Waals surface area contributed by atoms with Gasteiger partial charge >= 0.3 is 24.7 Å². The van der Waals surface area contributed by atoms with Gasteiger partial charge in [0.1, 0.15) is 0 Å². The number of benzene rings is 2. The standard InChI is InChI=1S/C23H22F12N2O4S2/c1-36(2)4-3-5-37(42(38,39)12-14-6-16(20(24,25)26)10-17(7-14)21(27,28)29)43(40,41)13-15-8-18(22(30,31)32)11-19(9-15)23(33,34)35/h6-11H,3-5,12-13H2,1-2H3. The summed E-state index contributed by atoms with van der Waals surface area (Å²) in [7, 11) is -7.87. The summed E-state index contributed by atoms with van der Waals surface area (Å²) in [6, 6.07) is -0.430. The smallest absolute Gasteiger partial charge is 0.309 e. The van der Waals surface area contributed by atoms with Crippen molar-refractivity contribution in [2.45, 2.75) is 42.6 Å². The lowest BCUT2D eigenvalue weighted by atomic mass is 10.1. The maximum absolute atomic E-state index is 13.2. The second kappa shape index (κ2) is 12.4. The molecule has 0 heterocycles. The number of hydrogen-bond acceptors (Lipinski definition) is 5. The Kier molecular flexibility index (Phi) is 10.6. The van der Waals surface area contributed by atoms with Crippen LogP contribution in [0.1, 0.15) is 39.8 Å². The molecule has 0 aliphatic heterocycles. The van der Waals surface area contributed by atoms with E-state index in [0.717, 1.165) is 0 Å². The molecule has 0 radical (unpaired) electrons. The zero-order valence-electron chi connectivity index (χ0n) is 21.9. The Morgan fingerprint density at radius 3 is 1.02 bits per heavy atom. The zero-order chi connectivity index (χ0) is 33.4. The van der Waals surface area contributed by atoms with E-state index in [1.54, 1.807) is 0 Å². The van der Waals surface area contributed by atoms with Crippen molar-refractivity contribution in [3.05, 3.63) is 69.8 Å². The van der Waals surface area contributed by atoms with E-state index < -0.39 is 96.2 Å². The van der Waals surface area contributed by atoms with E-state index in [2.05, 4.69) is 0 Å². The van der Waals surface area contributed by atoms with Gasteiger partial charge in [-0.25, -0.2) is 16.8 Å². The van der Waals surface area contributed by atoms with Crippen LogP contribution < -0.4 is 0 Å². The lowest BCUT2D eigenvalue weighted by Gasteiger charge is -2.24. The van der Waals surface area contributed by atoms with Gasteiger partial charge < -0.3 is 4.90 Å². The quantitative estimate of drug-likeness (QED) is 0.272. The van der Waals surface area contributed by atoms with Gasteiger partial charge in [0.2, 0.25) is 20.0 Å². The van der Waals surface area contributed by atoms with Gasteiger partial charge in [0.15, 0.2) is 0 Å². The van der Waals surface area contributed by atoms with Crippen LogP contribution in [0.3, 0.4) is 0 Å². The maximum atomic E-state index is 13.2. The van der Waals surface area contributed by atoms with Crippen LogP contribution in [0.15, 0.2) is 36.4 Å². The Morgan fingerprint density at radius 2 is 0.791 bits per heavy atom. The first-order valence-electron chi connectivity index (χ1n) is 11.6. The van der Waals surface area contributed by atoms with Gasteiger partial charge in [0.05, 0.1) is 33.8 Å². The molecule has 2 aromatic carbocycles. The van der Waals surface area contributed by atoms with Crippen molar-refractivity contribution in [2.75, 3.05) is 27.2 Å². The molecular weight excluding hydrogens is 660 g/mol. The second-order valence-corrected chi connectivity index (χ2v) is 13.5. The Morgan fingerprint density at radius 1 is 0.512 bits per heavy atom. The topological polar surface area (TPSA) is 74.8 Å². The SMILES string of the molecule is CN(C)CCCN(S(=O)(=O)Cc1cc(C(F)(F)F)cc(C(F)(F)F)c1)S(=O)(=O)Cc1cc(C(F)(F)F)cc(C(F)(F)F)c1. The van der Waals surface area contributed by atoms with Gasteiger partial charge in [0, 0.05) is 6.54 Å². The van der Waals surface area contributed by atoms with Gasteiger partial charge in [-0.15, -0.1) is 0 Å². The highest BCUT2D eigenvalue weighted by Gasteiger charge is 2.41. The summed E-state index contributed by atoms with van der Waals surface area (Å²) >= 11 is 0. The number of sulfonamides is 2. The molecule has 2 rings (SSSR count). The third-order valence-corrected chi connectivity index (χ3v) is 9.92. The molecule has 43 heavy (non-hydrogen) atoms. The van der Waals surface area contributed by atoms with E-state index in [1.165, 1.54) is 19.0 Å². The summed E-state index contributed by atoms with van der Waals surface area (Å²) in [4.78, 5) is 1.43. The van der Waals surface area contributed by atoms with E-state index in [4.69, 9.17) is 0 Å². The molecule has 0 atom stereocenters. The van der Waals surface area contributed by atoms with E-state index in [1.807, 2.05) is 0 Å². The summed E-state index contributed by atoms with van der Waals surface area (Å²) < 4.78 is 211. The maximum Gasteiger partial charge on any atom is 0.416 e. The lowest BCUT2D eigenvalue weighted by Crippen LogP contribution is -2.40. The molecule has 0 amide bonds. The molecule has 244 valence electrons. The molecule has 0 N–H and O–H groups in total. The highest BCUT2D eigenvalue weighted by Crippen LogP contribution is 2.38. The van der Waals surface area contributed by atoms with Gasteiger partial charge in [-0.3, -0.25) is 0 Å². The second-order valence-electron chi connectivity index (χ2n) is 9.49. The molecule has 2 aromatic rings. The largest absolute Gasteiger partial charge is 0.416 e. The molecule has 0 fully saturated rings. The van der Waals surface area contributed by atoms with Crippen molar-refractivity contribution in [1.29, 1.82) is 0 Å². The Labute approximate surface area is 238 Å². The predicted octanol–water partition coefficient (Wildman–Crippen LogP) is 6.38. The zero-order valence-corrected chi connectivity index (χ0v) is 23.5. The van der Waals surface area contributed by atoms with Crippen LogP contribution in [0, 0.1) is 0 Å². The summed E-state index contributed by atoms with van der Waals surface area (Å²) in [5, 5.41) is 0. The number of rotatable bonds is 10. The monoisotopic (exact) mass is 682 g/mol. The number of nitrogens with zero attached hydrogens (tertiary/aromatic N) is 2. The molecule has 0 unspecified atom stereocenters. The minimum Gasteiger partial charge on any atom is -0.309 e. The summed E-state index contributed by atoms with van der Waals surface area (Å²) in [5.74, 6) is -3.48. The fourth-order valence-corrected chi connectivity index (χ4v) is 7.72. The molecule has 0 spiro atoms. The molecule has 0 bridgehead atoms. The molecule has 0 aliphatic rings. The molecule has 0 saturated carbocycles. The van der Waals surface area contributed by atoms with Crippen molar-refractivity contribution in [2.24, 2.45) is 0 Å². The highest BCUT2D eigenvalue weighted by molar-refractivity contribution is 8.03. The molecule has 6 nitrogen and oxygen atoms in total. The molecule has 0 aromatic heterocycles. The molecule has 20 heteroatoms. The average molecular weight is 683 g/mol. The van der Waals surface area contributed by atoms with Crippen LogP contribution in [0.5, 0.6) is 0 Å². The molecule has 0 saturated heterocycles. The first-order valence-corrected chi connectivity index (χ1v) is 14.8. The molecule has 0 aliphatic carbocycles. The van der Waals surface area contributed by atoms with E-state index >= 15 is 0 Å². The summed E-state index contributed by atoms with van der Waals surface area (Å²) in [5.41, 5.74) is -9.88. The summed E-state index contributed by atoms with van der Waals surface area (Å²) in [6.45, 7) is -1.01. The normalized spacial score (nSPS) is 14.1. The Bertz CT molecular complexity index is 1340. The Hall–Kier alpha value is -2.58. The fraction of sp³-hybridized carbons (Fsp3) is 0.478. The third kappa shape index (κ3) is 10.2. The van der Waals surface area contributed by atoms with Crippen LogP contribution in [-0.2, 0) is 56.3 Å². The van der Waals surface area contributed by atoms with Crippen molar-refractivity contribution in [3.63, 3.8) is 0 Å². The van der Waals surface area contributed by atoms with Gasteiger partial charge in [0.25, 0.3) is 0 Å². The molecular formula is C23H22F12N2O4S2. The van der Waals surface area contributed by atoms with E-state index in [0.29, 0.717) is 0 Å². The van der Waals surface area contributed by atoms with Crippen LogP contribution in [0.25, 0.3) is 0 Å². The predicted molar refractivity (Wildman–Crippen MR) is 128 cm³/mol. The van der Waals surface area contributed by atoms with E-state index in [9.17, 15) is 69.5 Å². The average Bonchev–Trinajstić information content (AvgIpc) is 2.78. The lowest BCUT2D eigenvalue weighted by molar-refractivity contribution is -0.144. The Balaban J connectivity index is 2.65. The third-order valence-electron chi connectivity index (χ3n) is 5.56. The number of hydrogen-bond donors (Lipinski definition) is 0. The number of halogens is 12. The van der Waals surface area contributed by atoms with Crippen molar-refractivity contribution in [1.82, 2.24) is 8.61 Å². The first kappa shape index (κ1) is 36.6. The minimum atomic E-state index is -5.40. The fourth-order valence-electron chi connectivity index (χ4n) is 3.74.